The van der Waals surface area contributed by atoms with Crippen LogP contribution in [0.3, 0.4) is 0 Å². The van der Waals surface area contributed by atoms with Gasteiger partial charge in [0.2, 0.25) is 0 Å². The molecule has 0 aliphatic heterocycles. The Labute approximate surface area is 137 Å². The third-order valence-corrected chi connectivity index (χ3v) is 4.48. The summed E-state index contributed by atoms with van der Waals surface area (Å²) in [5, 5.41) is 3.64. The van der Waals surface area contributed by atoms with Crippen LogP contribution in [0.2, 0.25) is 0 Å². The van der Waals surface area contributed by atoms with E-state index in [1.807, 2.05) is 0 Å². The SMILES string of the molecule is C[C]1[C](C)[C](C)[C](CN[C@H](C)c2ccccc2)[C]1C.[Li+]. The monoisotopic (exact) mass is 261 g/mol. The van der Waals surface area contributed by atoms with E-state index in [1.54, 1.807) is 0 Å². The van der Waals surface area contributed by atoms with Crippen molar-refractivity contribution in [3.8, 4) is 0 Å². The Morgan fingerprint density at radius 1 is 0.850 bits per heavy atom. The van der Waals surface area contributed by atoms with E-state index in [0.717, 1.165) is 6.54 Å². The topological polar surface area (TPSA) is 12.0 Å². The molecule has 101 valence electrons. The molecule has 2 heteroatoms. The molecular formula is C18H24LiN+. The van der Waals surface area contributed by atoms with Crippen LogP contribution in [0.25, 0.3) is 0 Å². The van der Waals surface area contributed by atoms with E-state index in [0.29, 0.717) is 6.04 Å². The second kappa shape index (κ2) is 7.69. The minimum absolute atomic E-state index is 0. The van der Waals surface area contributed by atoms with Crippen LogP contribution in [-0.2, 0) is 0 Å². The molecule has 0 heterocycles. The first kappa shape index (κ1) is 17.8. The zero-order chi connectivity index (χ0) is 14.0. The zero-order valence-corrected chi connectivity index (χ0v) is 13.7. The van der Waals surface area contributed by atoms with E-state index >= 15 is 0 Å². The Balaban J connectivity index is 0.00000200. The molecule has 0 aromatic heterocycles. The number of rotatable bonds is 4. The molecule has 1 fully saturated rings. The van der Waals surface area contributed by atoms with E-state index in [2.05, 4.69) is 70.3 Å². The number of hydrogen-bond acceptors (Lipinski definition) is 1. The van der Waals surface area contributed by atoms with Gasteiger partial charge in [-0.3, -0.25) is 0 Å². The van der Waals surface area contributed by atoms with Crippen LogP contribution in [-0.4, -0.2) is 6.54 Å². The molecule has 5 radical (unpaired) electrons. The summed E-state index contributed by atoms with van der Waals surface area (Å²) in [7, 11) is 0. The first-order chi connectivity index (χ1) is 9.02. The van der Waals surface area contributed by atoms with Crippen LogP contribution in [0.15, 0.2) is 30.3 Å². The van der Waals surface area contributed by atoms with Crippen molar-refractivity contribution in [3.05, 3.63) is 65.5 Å². The Morgan fingerprint density at radius 2 is 1.35 bits per heavy atom. The van der Waals surface area contributed by atoms with Crippen molar-refractivity contribution in [2.24, 2.45) is 0 Å². The zero-order valence-electron chi connectivity index (χ0n) is 13.7. The Bertz CT molecular complexity index is 378. The van der Waals surface area contributed by atoms with E-state index in [-0.39, 0.29) is 18.9 Å². The van der Waals surface area contributed by atoms with Crippen LogP contribution in [0, 0.1) is 29.6 Å². The fourth-order valence-electron chi connectivity index (χ4n) is 2.68. The second-order valence-corrected chi connectivity index (χ2v) is 5.49. The van der Waals surface area contributed by atoms with E-state index in [1.165, 1.54) is 35.2 Å². The van der Waals surface area contributed by atoms with Crippen molar-refractivity contribution in [2.75, 3.05) is 6.54 Å². The molecule has 1 atom stereocenters. The van der Waals surface area contributed by atoms with Gasteiger partial charge in [0.05, 0.1) is 0 Å². The van der Waals surface area contributed by atoms with Gasteiger partial charge in [0.15, 0.2) is 0 Å². The van der Waals surface area contributed by atoms with Gasteiger partial charge in [0.25, 0.3) is 0 Å². The van der Waals surface area contributed by atoms with Crippen LogP contribution < -0.4 is 24.2 Å². The maximum atomic E-state index is 3.64. The average molecular weight is 261 g/mol. The Morgan fingerprint density at radius 3 is 1.85 bits per heavy atom. The molecule has 0 unspecified atom stereocenters. The summed E-state index contributed by atoms with van der Waals surface area (Å²) in [5.74, 6) is 7.26. The summed E-state index contributed by atoms with van der Waals surface area (Å²) in [6.07, 6.45) is 0. The Hall–Kier alpha value is -0.223. The molecule has 20 heavy (non-hydrogen) atoms. The summed E-state index contributed by atoms with van der Waals surface area (Å²) >= 11 is 0. The Kier molecular flexibility index (Phi) is 6.86. The van der Waals surface area contributed by atoms with Gasteiger partial charge >= 0.3 is 18.9 Å². The first-order valence-corrected chi connectivity index (χ1v) is 7.02. The van der Waals surface area contributed by atoms with E-state index in [4.69, 9.17) is 0 Å². The molecule has 0 bridgehead atoms. The minimum Gasteiger partial charge on any atom is -0.310 e. The maximum absolute atomic E-state index is 3.64. The third-order valence-electron chi connectivity index (χ3n) is 4.48. The van der Waals surface area contributed by atoms with Gasteiger partial charge < -0.3 is 5.32 Å². The number of benzene rings is 1. The van der Waals surface area contributed by atoms with Gasteiger partial charge in [-0.25, -0.2) is 0 Å². The summed E-state index contributed by atoms with van der Waals surface area (Å²) in [6.45, 7) is 12.1. The fraction of sp³-hybridized carbons (Fsp3) is 0.389. The standard InChI is InChI=1S/C18H24N.Li/c1-12-13(2)15(4)18(14(12)3)11-19-16(5)17-9-7-6-8-10-17;/h6-10,16,19H,11H2,1-5H3;/q;+1/t16-;/m1./s1. The molecule has 1 nitrogen and oxygen atoms in total. The van der Waals surface area contributed by atoms with Crippen LogP contribution in [0.1, 0.15) is 46.2 Å². The van der Waals surface area contributed by atoms with Crippen molar-refractivity contribution < 1.29 is 18.9 Å². The van der Waals surface area contributed by atoms with E-state index < -0.39 is 0 Å². The largest absolute Gasteiger partial charge is 1.00 e. The molecule has 1 aliphatic rings. The predicted octanol–water partition coefficient (Wildman–Crippen LogP) is 1.31. The normalized spacial score (nSPS) is 21.1. The average Bonchev–Trinajstić information content (AvgIpc) is 2.62. The predicted molar refractivity (Wildman–Crippen MR) is 81.8 cm³/mol. The van der Waals surface area contributed by atoms with Crippen LogP contribution in [0.5, 0.6) is 0 Å². The molecule has 1 aliphatic carbocycles. The van der Waals surface area contributed by atoms with Crippen molar-refractivity contribution in [1.29, 1.82) is 0 Å². The molecule has 1 aromatic carbocycles. The fourth-order valence-corrected chi connectivity index (χ4v) is 2.68. The number of nitrogens with one attached hydrogen (secondary N) is 1. The minimum atomic E-state index is 0. The van der Waals surface area contributed by atoms with Gasteiger partial charge in [-0.15, -0.1) is 0 Å². The summed E-state index contributed by atoms with van der Waals surface area (Å²) in [6, 6.07) is 11.0. The van der Waals surface area contributed by atoms with Crippen molar-refractivity contribution >= 4 is 0 Å². The van der Waals surface area contributed by atoms with Crippen molar-refractivity contribution in [2.45, 2.75) is 40.7 Å². The molecule has 0 saturated heterocycles. The van der Waals surface area contributed by atoms with Crippen molar-refractivity contribution in [3.63, 3.8) is 0 Å². The summed E-state index contributed by atoms with van der Waals surface area (Å²) in [5.41, 5.74) is 1.35. The first-order valence-electron chi connectivity index (χ1n) is 7.02. The molecule has 2 rings (SSSR count). The second-order valence-electron chi connectivity index (χ2n) is 5.49. The van der Waals surface area contributed by atoms with Gasteiger partial charge in [0.1, 0.15) is 0 Å². The van der Waals surface area contributed by atoms with Gasteiger partial charge in [0, 0.05) is 18.5 Å². The smallest absolute Gasteiger partial charge is 0.310 e. The van der Waals surface area contributed by atoms with Crippen molar-refractivity contribution in [1.82, 2.24) is 5.32 Å². The molecule has 1 N–H and O–H groups in total. The summed E-state index contributed by atoms with van der Waals surface area (Å²) in [4.78, 5) is 0. The third kappa shape index (κ3) is 3.70. The van der Waals surface area contributed by atoms with Crippen LogP contribution >= 0.6 is 0 Å². The van der Waals surface area contributed by atoms with Gasteiger partial charge in [-0.1, -0.05) is 58.0 Å². The number of hydrogen-bond donors (Lipinski definition) is 1. The molecule has 1 saturated carbocycles. The van der Waals surface area contributed by atoms with Gasteiger partial charge in [-0.05, 0) is 36.2 Å². The quantitative estimate of drug-likeness (QED) is 0.806. The molecule has 0 spiro atoms. The molecule has 0 amide bonds. The van der Waals surface area contributed by atoms with E-state index in [9.17, 15) is 0 Å². The summed E-state index contributed by atoms with van der Waals surface area (Å²) < 4.78 is 0. The maximum Gasteiger partial charge on any atom is 1.00 e. The molecular weight excluding hydrogens is 237 g/mol. The van der Waals surface area contributed by atoms with Gasteiger partial charge in [-0.2, -0.15) is 0 Å². The molecule has 1 aromatic rings. The van der Waals surface area contributed by atoms with Crippen LogP contribution in [0.4, 0.5) is 0 Å².